The van der Waals surface area contributed by atoms with Gasteiger partial charge in [0.2, 0.25) is 16.3 Å². The van der Waals surface area contributed by atoms with Crippen LogP contribution in [0.25, 0.3) is 0 Å². The lowest BCUT2D eigenvalue weighted by Gasteiger charge is -2.53. The fraction of sp³-hybridized carbons (Fsp3) is 1.00. The summed E-state index contributed by atoms with van der Waals surface area (Å²) in [4.78, 5) is 0. The van der Waals surface area contributed by atoms with E-state index < -0.39 is 72.7 Å². The molecule has 0 fully saturated rings. The smallest absolute Gasteiger partial charge is 0.226 e. The van der Waals surface area contributed by atoms with Crippen molar-refractivity contribution in [3.63, 3.8) is 0 Å². The molecule has 0 aromatic carbocycles. The molecule has 0 atom stereocenters. The van der Waals surface area contributed by atoms with Gasteiger partial charge in [-0.25, -0.2) is 0 Å². The minimum atomic E-state index is -3.11. The molecule has 0 aliphatic rings. The van der Waals surface area contributed by atoms with Crippen molar-refractivity contribution in [2.75, 3.05) is 13.1 Å². The van der Waals surface area contributed by atoms with Gasteiger partial charge in [-0.05, 0) is 0 Å². The average molecular weight is 1270 g/mol. The fourth-order valence-corrected chi connectivity index (χ4v) is 11.4. The minimum Gasteiger partial charge on any atom is -0.311 e. The van der Waals surface area contributed by atoms with E-state index in [0.29, 0.717) is 0 Å². The van der Waals surface area contributed by atoms with E-state index in [1.54, 1.807) is 0 Å². The van der Waals surface area contributed by atoms with E-state index in [4.69, 9.17) is 348 Å². The standard InChI is InChI=1S/C16H5Cl30N/c17-3(18,5(21,22)7(25,26)9(29,30)11(33,34)13(37,38)15(41,42)43)1-47-2-4(19,20)6(23,24)8(27,28)10(31,32)12(35,36)14(39,40)16(44,45)46/h47H,1-2H2. The highest BCUT2D eigenvalue weighted by Gasteiger charge is 2.81. The quantitative estimate of drug-likeness (QED) is 0.171. The molecule has 0 aromatic rings. The highest BCUT2D eigenvalue weighted by atomic mass is 35.6. The first-order valence-corrected chi connectivity index (χ1v) is 21.4. The van der Waals surface area contributed by atoms with E-state index in [0.717, 1.165) is 0 Å². The summed E-state index contributed by atoms with van der Waals surface area (Å²) in [6.45, 7) is -1.68. The zero-order chi connectivity index (χ0) is 39.1. The predicted octanol–water partition coefficient (Wildman–Crippen LogP) is 17.4. The Hall–Kier alpha value is 8.66. The van der Waals surface area contributed by atoms with Crippen LogP contribution in [0.1, 0.15) is 0 Å². The van der Waals surface area contributed by atoms with E-state index >= 15 is 0 Å². The highest BCUT2D eigenvalue weighted by Crippen LogP contribution is 2.72. The Morgan fingerprint density at radius 3 is 0.532 bits per heavy atom. The summed E-state index contributed by atoms with van der Waals surface area (Å²) in [5, 5.41) is 2.48. The minimum absolute atomic E-state index is 0.840. The third-order valence-corrected chi connectivity index (χ3v) is 25.4. The van der Waals surface area contributed by atoms with Crippen molar-refractivity contribution in [3.05, 3.63) is 0 Å². The first kappa shape index (κ1) is 55.7. The highest BCUT2D eigenvalue weighted by molar-refractivity contribution is 6.84. The molecule has 0 spiro atoms. The van der Waals surface area contributed by atoms with Gasteiger partial charge >= 0.3 is 0 Å². The van der Waals surface area contributed by atoms with Crippen LogP contribution in [0, 0.1) is 0 Å². The number of hydrogen-bond acceptors (Lipinski definition) is 1. The fourth-order valence-electron chi connectivity index (χ4n) is 2.60. The number of rotatable bonds is 14. The first-order valence-electron chi connectivity index (χ1n) is 10.1. The third-order valence-electron chi connectivity index (χ3n) is 5.48. The molecule has 0 radical (unpaired) electrons. The molecule has 1 nitrogen and oxygen atoms in total. The first-order chi connectivity index (χ1) is 19.7. The lowest BCUT2D eigenvalue weighted by Crippen LogP contribution is -2.70. The number of hydrogen-bond donors (Lipinski definition) is 1. The van der Waals surface area contributed by atoms with E-state index in [-0.39, 0.29) is 0 Å². The zero-order valence-corrected chi connectivity index (χ0v) is 42.9. The molecule has 0 unspecified atom stereocenters. The van der Waals surface area contributed by atoms with Crippen molar-refractivity contribution < 1.29 is 0 Å². The molecular formula is C16H5Cl30N. The van der Waals surface area contributed by atoms with Crippen molar-refractivity contribution in [1.29, 1.82) is 0 Å². The van der Waals surface area contributed by atoms with Crippen LogP contribution in [-0.2, 0) is 0 Å². The van der Waals surface area contributed by atoms with Crippen LogP contribution < -0.4 is 5.32 Å². The predicted molar refractivity (Wildman–Crippen MR) is 227 cm³/mol. The summed E-state index contributed by atoms with van der Waals surface area (Å²) in [5.74, 6) is 0. The molecule has 0 saturated carbocycles. The van der Waals surface area contributed by atoms with Gasteiger partial charge in [-0.15, -0.1) is 0 Å². The van der Waals surface area contributed by atoms with E-state index in [9.17, 15) is 0 Å². The van der Waals surface area contributed by atoms with Crippen LogP contribution in [0.2, 0.25) is 0 Å². The Bertz CT molecular complexity index is 1020. The molecule has 0 amide bonds. The molecule has 1 N–H and O–H groups in total. The van der Waals surface area contributed by atoms with Crippen molar-refractivity contribution in [3.8, 4) is 0 Å². The topological polar surface area (TPSA) is 12.0 Å². The van der Waals surface area contributed by atoms with Gasteiger partial charge in [0.15, 0.2) is 43.3 Å². The lowest BCUT2D eigenvalue weighted by molar-refractivity contribution is 0.436. The third kappa shape index (κ3) is 9.75. The van der Waals surface area contributed by atoms with Crippen LogP contribution >= 0.6 is 348 Å². The zero-order valence-electron chi connectivity index (χ0n) is 20.3. The molecular weight excluding hydrogens is 1270 g/mol. The second kappa shape index (κ2) is 17.2. The van der Waals surface area contributed by atoms with E-state index in [1.807, 2.05) is 0 Å². The Balaban J connectivity index is 6.55. The van der Waals surface area contributed by atoms with Crippen molar-refractivity contribution in [1.82, 2.24) is 5.32 Å². The van der Waals surface area contributed by atoms with Crippen LogP contribution in [0.5, 0.6) is 0 Å². The maximum absolute atomic E-state index is 6.42. The maximum Gasteiger partial charge on any atom is 0.226 e. The van der Waals surface area contributed by atoms with Gasteiger partial charge in [0.1, 0.15) is 0 Å². The van der Waals surface area contributed by atoms with Gasteiger partial charge in [-0.2, -0.15) is 0 Å². The summed E-state index contributed by atoms with van der Waals surface area (Å²) >= 11 is 186. The molecule has 31 heteroatoms. The average Bonchev–Trinajstić information content (AvgIpc) is 2.80. The van der Waals surface area contributed by atoms with Gasteiger partial charge in [0.05, 0.1) is 0 Å². The number of nitrogens with one attached hydrogen (secondary N) is 1. The summed E-state index contributed by atoms with van der Waals surface area (Å²) in [7, 11) is 0. The summed E-state index contributed by atoms with van der Waals surface area (Å²) in [6.07, 6.45) is 0. The molecule has 0 aromatic heterocycles. The van der Waals surface area contributed by atoms with Gasteiger partial charge in [0, 0.05) is 13.1 Å². The van der Waals surface area contributed by atoms with Crippen molar-refractivity contribution in [2.24, 2.45) is 0 Å². The van der Waals surface area contributed by atoms with Gasteiger partial charge < -0.3 is 5.32 Å². The Kier molecular flexibility index (Phi) is 20.4. The SMILES string of the molecule is ClC(Cl)(Cl)C(Cl)(Cl)C(Cl)(Cl)C(Cl)(Cl)C(Cl)(Cl)C(Cl)(Cl)C(Cl)(Cl)CNCC(Cl)(Cl)C(Cl)(Cl)C(Cl)(Cl)C(Cl)(Cl)C(Cl)(Cl)C(Cl)(Cl)C(Cl)(Cl)Cl. The molecule has 0 heterocycles. The molecule has 0 aliphatic carbocycles. The Morgan fingerprint density at radius 1 is 0.213 bits per heavy atom. The van der Waals surface area contributed by atoms with Crippen LogP contribution in [-0.4, -0.2) is 72.7 Å². The summed E-state index contributed by atoms with van der Waals surface area (Å²) in [5.41, 5.74) is 0. The van der Waals surface area contributed by atoms with Crippen LogP contribution in [0.3, 0.4) is 0 Å². The number of halogens is 30. The Morgan fingerprint density at radius 2 is 0.362 bits per heavy atom. The molecule has 0 bridgehead atoms. The Labute approximate surface area is 419 Å². The maximum atomic E-state index is 6.42. The summed E-state index contributed by atoms with van der Waals surface area (Å²) in [6, 6.07) is 0. The monoisotopic (exact) mass is 1260 g/mol. The van der Waals surface area contributed by atoms with Crippen molar-refractivity contribution >= 4 is 348 Å². The summed E-state index contributed by atoms with van der Waals surface area (Å²) < 4.78 is -40.8. The molecule has 0 aliphatic heterocycles. The second-order valence-electron chi connectivity index (χ2n) is 8.75. The molecule has 284 valence electrons. The normalized spacial score (nSPS) is 17.0. The van der Waals surface area contributed by atoms with Crippen molar-refractivity contribution in [2.45, 2.75) is 59.6 Å². The molecule has 0 saturated heterocycles. The molecule has 0 rings (SSSR count). The van der Waals surface area contributed by atoms with Crippen LogP contribution in [0.4, 0.5) is 0 Å². The second-order valence-corrected chi connectivity index (χ2v) is 29.6. The van der Waals surface area contributed by atoms with Gasteiger partial charge in [0.25, 0.3) is 0 Å². The van der Waals surface area contributed by atoms with E-state index in [1.165, 1.54) is 0 Å². The molecule has 47 heavy (non-hydrogen) atoms. The van der Waals surface area contributed by atoms with Gasteiger partial charge in [-0.1, -0.05) is 348 Å². The largest absolute Gasteiger partial charge is 0.311 e. The number of alkyl halides is 30. The van der Waals surface area contributed by atoms with Gasteiger partial charge in [-0.3, -0.25) is 0 Å². The van der Waals surface area contributed by atoms with Crippen LogP contribution in [0.15, 0.2) is 0 Å². The van der Waals surface area contributed by atoms with E-state index in [2.05, 4.69) is 5.32 Å². The lowest BCUT2D eigenvalue weighted by atomic mass is 10.0.